The van der Waals surface area contributed by atoms with E-state index in [1.54, 1.807) is 41.9 Å². The zero-order valence-electron chi connectivity index (χ0n) is 20.0. The van der Waals surface area contributed by atoms with Crippen molar-refractivity contribution < 1.29 is 24.2 Å². The number of benzene rings is 2. The third-order valence-corrected chi connectivity index (χ3v) is 6.50. The molecular weight excluding hydrogens is 464 g/mol. The molecule has 1 atom stereocenters. The van der Waals surface area contributed by atoms with Crippen LogP contribution in [0.5, 0.6) is 11.5 Å². The summed E-state index contributed by atoms with van der Waals surface area (Å²) in [5.74, 6) is -0.618. The summed E-state index contributed by atoms with van der Waals surface area (Å²) in [5.41, 5.74) is 2.10. The standard InChI is InChI=1S/C27H28N2O5S/c1-4-6-14-34-20-12-11-19(16-21(20)33-5-2)23-22(24(30)18-9-7-17(3)8-10-18)25(31)26(32)29(23)27-28-13-15-35-27/h7-13,15-16,23,30H,4-6,14H2,1-3H3/b24-22+. The van der Waals surface area contributed by atoms with Gasteiger partial charge >= 0.3 is 5.91 Å². The van der Waals surface area contributed by atoms with Crippen molar-refractivity contribution in [2.45, 2.75) is 39.7 Å². The van der Waals surface area contributed by atoms with Crippen molar-refractivity contribution >= 4 is 33.9 Å². The second kappa shape index (κ2) is 10.7. The fourth-order valence-corrected chi connectivity index (χ4v) is 4.62. The third kappa shape index (κ3) is 4.93. The van der Waals surface area contributed by atoms with Crippen molar-refractivity contribution in [2.75, 3.05) is 18.1 Å². The van der Waals surface area contributed by atoms with E-state index in [9.17, 15) is 14.7 Å². The van der Waals surface area contributed by atoms with Crippen molar-refractivity contribution in [3.63, 3.8) is 0 Å². The number of Topliss-reactive ketones (excluding diaryl/α,β-unsaturated/α-hetero) is 1. The summed E-state index contributed by atoms with van der Waals surface area (Å²) in [6, 6.07) is 11.6. The van der Waals surface area contributed by atoms with Gasteiger partial charge in [-0.2, -0.15) is 0 Å². The monoisotopic (exact) mass is 492 g/mol. The number of amides is 1. The lowest BCUT2D eigenvalue weighted by atomic mass is 9.95. The second-order valence-corrected chi connectivity index (χ2v) is 9.06. The number of hydrogen-bond donors (Lipinski definition) is 1. The number of nitrogens with zero attached hydrogens (tertiary/aromatic N) is 2. The number of aliphatic hydroxyl groups is 1. The highest BCUT2D eigenvalue weighted by atomic mass is 32.1. The molecule has 1 aromatic heterocycles. The van der Waals surface area contributed by atoms with Gasteiger partial charge in [0, 0.05) is 17.1 Å². The van der Waals surface area contributed by atoms with E-state index in [0.29, 0.717) is 41.0 Å². The van der Waals surface area contributed by atoms with Crippen LogP contribution in [0.3, 0.4) is 0 Å². The molecule has 4 rings (SSSR count). The van der Waals surface area contributed by atoms with Crippen LogP contribution in [0.4, 0.5) is 5.13 Å². The van der Waals surface area contributed by atoms with E-state index < -0.39 is 17.7 Å². The molecule has 2 heterocycles. The molecule has 0 saturated carbocycles. The summed E-state index contributed by atoms with van der Waals surface area (Å²) in [6.45, 7) is 6.88. The number of carbonyl (C=O) groups is 2. The number of unbranched alkanes of at least 4 members (excludes halogenated alkanes) is 1. The fraction of sp³-hybridized carbons (Fsp3) is 0.296. The highest BCUT2D eigenvalue weighted by molar-refractivity contribution is 7.14. The Morgan fingerprint density at radius 3 is 2.51 bits per heavy atom. The number of carbonyl (C=O) groups excluding carboxylic acids is 2. The van der Waals surface area contributed by atoms with Gasteiger partial charge in [-0.05, 0) is 38.0 Å². The van der Waals surface area contributed by atoms with Crippen LogP contribution in [-0.4, -0.2) is 35.0 Å². The molecule has 1 N–H and O–H groups in total. The number of aromatic nitrogens is 1. The topological polar surface area (TPSA) is 89.0 Å². The number of aliphatic hydroxyl groups excluding tert-OH is 1. The first-order chi connectivity index (χ1) is 17.0. The van der Waals surface area contributed by atoms with Crippen molar-refractivity contribution in [3.8, 4) is 11.5 Å². The average Bonchev–Trinajstić information content (AvgIpc) is 3.47. The Kier molecular flexibility index (Phi) is 7.51. The Hall–Kier alpha value is -3.65. The number of ether oxygens (including phenoxy) is 2. The molecule has 35 heavy (non-hydrogen) atoms. The maximum Gasteiger partial charge on any atom is 0.301 e. The number of rotatable bonds is 9. The van der Waals surface area contributed by atoms with Crippen LogP contribution in [0.1, 0.15) is 49.4 Å². The van der Waals surface area contributed by atoms with Crippen LogP contribution in [0.2, 0.25) is 0 Å². The largest absolute Gasteiger partial charge is 0.507 e. The number of hydrogen-bond acceptors (Lipinski definition) is 7. The SMILES string of the molecule is CCCCOc1ccc(C2/C(=C(\O)c3ccc(C)cc3)C(=O)C(=O)N2c2nccs2)cc1OCC. The van der Waals surface area contributed by atoms with Gasteiger partial charge in [0.2, 0.25) is 0 Å². The number of ketones is 1. The quantitative estimate of drug-likeness (QED) is 0.180. The fourth-order valence-electron chi connectivity index (χ4n) is 3.96. The Morgan fingerprint density at radius 1 is 1.09 bits per heavy atom. The highest BCUT2D eigenvalue weighted by Crippen LogP contribution is 2.44. The zero-order valence-corrected chi connectivity index (χ0v) is 20.8. The summed E-state index contributed by atoms with van der Waals surface area (Å²) < 4.78 is 11.7. The first-order valence-electron chi connectivity index (χ1n) is 11.6. The van der Waals surface area contributed by atoms with Gasteiger partial charge in [0.15, 0.2) is 16.6 Å². The second-order valence-electron chi connectivity index (χ2n) is 8.19. The minimum absolute atomic E-state index is 0.0103. The number of anilines is 1. The van der Waals surface area contributed by atoms with Crippen molar-refractivity contribution in [2.24, 2.45) is 0 Å². The van der Waals surface area contributed by atoms with E-state index in [4.69, 9.17) is 9.47 Å². The molecule has 182 valence electrons. The molecule has 8 heteroatoms. The molecule has 7 nitrogen and oxygen atoms in total. The molecule has 3 aromatic rings. The molecular formula is C27H28N2O5S. The summed E-state index contributed by atoms with van der Waals surface area (Å²) in [4.78, 5) is 32.0. The number of thiazole rings is 1. The van der Waals surface area contributed by atoms with Crippen LogP contribution in [-0.2, 0) is 9.59 Å². The van der Waals surface area contributed by atoms with Gasteiger partial charge in [0.25, 0.3) is 5.78 Å². The molecule has 1 unspecified atom stereocenters. The smallest absolute Gasteiger partial charge is 0.301 e. The van der Waals surface area contributed by atoms with E-state index in [1.165, 1.54) is 16.2 Å². The Labute approximate surface area is 208 Å². The van der Waals surface area contributed by atoms with Crippen molar-refractivity contribution in [3.05, 3.63) is 76.3 Å². The Balaban J connectivity index is 1.86. The minimum Gasteiger partial charge on any atom is -0.507 e. The molecule has 0 aliphatic carbocycles. The van der Waals surface area contributed by atoms with Gasteiger partial charge in [-0.15, -0.1) is 11.3 Å². The molecule has 1 aliphatic heterocycles. The Bertz CT molecular complexity index is 1230. The van der Waals surface area contributed by atoms with Gasteiger partial charge in [0.1, 0.15) is 5.76 Å². The van der Waals surface area contributed by atoms with E-state index in [-0.39, 0.29) is 11.3 Å². The van der Waals surface area contributed by atoms with E-state index in [1.807, 2.05) is 26.0 Å². The first kappa shape index (κ1) is 24.5. The van der Waals surface area contributed by atoms with Crippen LogP contribution < -0.4 is 14.4 Å². The van der Waals surface area contributed by atoms with Crippen LogP contribution >= 0.6 is 11.3 Å². The zero-order chi connectivity index (χ0) is 24.9. The normalized spacial score (nSPS) is 17.1. The third-order valence-electron chi connectivity index (χ3n) is 5.73. The van der Waals surface area contributed by atoms with E-state index in [0.717, 1.165) is 18.4 Å². The maximum atomic E-state index is 13.2. The van der Waals surface area contributed by atoms with Gasteiger partial charge in [-0.3, -0.25) is 14.5 Å². The van der Waals surface area contributed by atoms with Gasteiger partial charge in [-0.25, -0.2) is 4.98 Å². The van der Waals surface area contributed by atoms with Crippen LogP contribution in [0, 0.1) is 6.92 Å². The maximum absolute atomic E-state index is 13.2. The Morgan fingerprint density at radius 2 is 1.86 bits per heavy atom. The lowest BCUT2D eigenvalue weighted by molar-refractivity contribution is -0.132. The molecule has 1 amide bonds. The molecule has 0 bridgehead atoms. The predicted octanol–water partition coefficient (Wildman–Crippen LogP) is 5.66. The summed E-state index contributed by atoms with van der Waals surface area (Å²) in [7, 11) is 0. The molecule has 1 aliphatic rings. The summed E-state index contributed by atoms with van der Waals surface area (Å²) in [6.07, 6.45) is 3.49. The average molecular weight is 493 g/mol. The van der Waals surface area contributed by atoms with Gasteiger partial charge in [0.05, 0.1) is 24.8 Å². The van der Waals surface area contributed by atoms with Crippen LogP contribution in [0.15, 0.2) is 59.6 Å². The molecule has 1 saturated heterocycles. The lowest BCUT2D eigenvalue weighted by Gasteiger charge is -2.24. The molecule has 0 radical (unpaired) electrons. The van der Waals surface area contributed by atoms with E-state index >= 15 is 0 Å². The molecule has 2 aromatic carbocycles. The first-order valence-corrected chi connectivity index (χ1v) is 12.5. The van der Waals surface area contributed by atoms with Crippen molar-refractivity contribution in [1.82, 2.24) is 4.98 Å². The van der Waals surface area contributed by atoms with E-state index in [2.05, 4.69) is 11.9 Å². The molecule has 1 fully saturated rings. The summed E-state index contributed by atoms with van der Waals surface area (Å²) in [5, 5.41) is 13.3. The van der Waals surface area contributed by atoms with Gasteiger partial charge < -0.3 is 14.6 Å². The highest BCUT2D eigenvalue weighted by Gasteiger charge is 2.48. The number of aryl methyl sites for hydroxylation is 1. The predicted molar refractivity (Wildman–Crippen MR) is 136 cm³/mol. The van der Waals surface area contributed by atoms with Gasteiger partial charge in [-0.1, -0.05) is 49.2 Å². The summed E-state index contributed by atoms with van der Waals surface area (Å²) >= 11 is 1.25. The van der Waals surface area contributed by atoms with Crippen LogP contribution in [0.25, 0.3) is 5.76 Å². The minimum atomic E-state index is -0.869. The lowest BCUT2D eigenvalue weighted by Crippen LogP contribution is -2.29. The van der Waals surface area contributed by atoms with Crippen molar-refractivity contribution in [1.29, 1.82) is 0 Å². The molecule has 0 spiro atoms.